The summed E-state index contributed by atoms with van der Waals surface area (Å²) in [5.41, 5.74) is 3.44. The monoisotopic (exact) mass is 334 g/mol. The van der Waals surface area contributed by atoms with Crippen LogP contribution in [0.25, 0.3) is 10.9 Å². The lowest BCUT2D eigenvalue weighted by Gasteiger charge is -2.36. The Labute approximate surface area is 137 Å². The average Bonchev–Trinajstić information content (AvgIpc) is 2.96. The molecule has 0 aliphatic carbocycles. The summed E-state index contributed by atoms with van der Waals surface area (Å²) in [4.78, 5) is 23.2. The summed E-state index contributed by atoms with van der Waals surface area (Å²) in [7, 11) is 0. The van der Waals surface area contributed by atoms with E-state index in [1.165, 1.54) is 0 Å². The van der Waals surface area contributed by atoms with Crippen molar-refractivity contribution in [1.82, 2.24) is 9.88 Å². The fraction of sp³-hybridized carbons (Fsp3) is 0.375. The summed E-state index contributed by atoms with van der Waals surface area (Å²) in [6.07, 6.45) is 0. The quantitative estimate of drug-likeness (QED) is 0.591. The van der Waals surface area contributed by atoms with Crippen LogP contribution in [0.1, 0.15) is 29.8 Å². The molecule has 2 aromatic rings. The number of hydrogen-bond acceptors (Lipinski definition) is 5. The smallest absolute Gasteiger partial charge is 0.394 e. The molecule has 1 aromatic carbocycles. The van der Waals surface area contributed by atoms with Crippen molar-refractivity contribution < 1.29 is 19.1 Å². The number of fused-ring (bicyclic) bond motifs is 4. The summed E-state index contributed by atoms with van der Waals surface area (Å²) < 4.78 is 12.6. The zero-order chi connectivity index (χ0) is 16.5. The number of hydrogen-bond donors (Lipinski definition) is 1. The van der Waals surface area contributed by atoms with E-state index in [0.29, 0.717) is 17.3 Å². The van der Waals surface area contributed by atoms with Gasteiger partial charge in [0.05, 0.1) is 5.52 Å². The standard InChI is InChI=1S/C16H15ClN2O4/c1-7-6-18-16(22-14(20)15(21)23-16)13-8(2)10-4-5-11(17)9(3)12(10)19(7)13/h4-5,7,18H,6H2,1-3H3/t7-/m1/s1. The molecule has 2 aliphatic heterocycles. The predicted octanol–water partition coefficient (Wildman–Crippen LogP) is 2.29. The van der Waals surface area contributed by atoms with Crippen molar-refractivity contribution in [2.45, 2.75) is 32.7 Å². The lowest BCUT2D eigenvalue weighted by Crippen LogP contribution is -2.52. The van der Waals surface area contributed by atoms with E-state index in [-0.39, 0.29) is 6.04 Å². The van der Waals surface area contributed by atoms with Crippen molar-refractivity contribution in [3.63, 3.8) is 0 Å². The number of halogens is 1. The number of aryl methyl sites for hydroxylation is 2. The topological polar surface area (TPSA) is 69.6 Å². The lowest BCUT2D eigenvalue weighted by molar-refractivity contribution is -0.207. The Kier molecular flexibility index (Phi) is 2.84. The summed E-state index contributed by atoms with van der Waals surface area (Å²) in [5.74, 6) is -3.53. The molecule has 3 heterocycles. The van der Waals surface area contributed by atoms with Crippen LogP contribution in [0.3, 0.4) is 0 Å². The first-order chi connectivity index (χ1) is 10.9. The summed E-state index contributed by atoms with van der Waals surface area (Å²) in [5, 5.41) is 4.72. The predicted molar refractivity (Wildman–Crippen MR) is 83.0 cm³/mol. The molecule has 0 unspecified atom stereocenters. The largest absolute Gasteiger partial charge is 0.422 e. The Morgan fingerprint density at radius 3 is 2.52 bits per heavy atom. The molecule has 120 valence electrons. The van der Waals surface area contributed by atoms with Crippen LogP contribution < -0.4 is 5.32 Å². The maximum Gasteiger partial charge on any atom is 0.422 e. The van der Waals surface area contributed by atoms with E-state index < -0.39 is 17.8 Å². The van der Waals surface area contributed by atoms with Gasteiger partial charge in [-0.15, -0.1) is 0 Å². The van der Waals surface area contributed by atoms with Crippen molar-refractivity contribution in [2.75, 3.05) is 6.54 Å². The third-order valence-electron chi connectivity index (χ3n) is 4.63. The number of benzene rings is 1. The number of nitrogens with zero attached hydrogens (tertiary/aromatic N) is 1. The molecule has 1 saturated heterocycles. The molecule has 1 spiro atoms. The zero-order valence-corrected chi connectivity index (χ0v) is 13.7. The number of nitrogens with one attached hydrogen (secondary N) is 1. The molecule has 0 amide bonds. The fourth-order valence-electron chi connectivity index (χ4n) is 3.55. The normalized spacial score (nSPS) is 22.3. The molecule has 0 bridgehead atoms. The summed E-state index contributed by atoms with van der Waals surface area (Å²) >= 11 is 6.28. The van der Waals surface area contributed by atoms with Gasteiger partial charge >= 0.3 is 17.8 Å². The highest BCUT2D eigenvalue weighted by Gasteiger charge is 2.55. The van der Waals surface area contributed by atoms with Crippen LogP contribution in [0, 0.1) is 13.8 Å². The first-order valence-corrected chi connectivity index (χ1v) is 7.75. The van der Waals surface area contributed by atoms with Gasteiger partial charge in [0.15, 0.2) is 0 Å². The summed E-state index contributed by atoms with van der Waals surface area (Å²) in [6, 6.07) is 3.86. The summed E-state index contributed by atoms with van der Waals surface area (Å²) in [6.45, 7) is 6.40. The maximum atomic E-state index is 11.6. The van der Waals surface area contributed by atoms with Gasteiger partial charge < -0.3 is 14.0 Å². The molecule has 2 aliphatic rings. The highest BCUT2D eigenvalue weighted by atomic mass is 35.5. The molecule has 0 radical (unpaired) electrons. The van der Waals surface area contributed by atoms with Crippen molar-refractivity contribution in [1.29, 1.82) is 0 Å². The van der Waals surface area contributed by atoms with Crippen LogP contribution >= 0.6 is 11.6 Å². The Bertz CT molecular complexity index is 870. The fourth-order valence-corrected chi connectivity index (χ4v) is 3.70. The molecular weight excluding hydrogens is 320 g/mol. The molecule has 23 heavy (non-hydrogen) atoms. The first kappa shape index (κ1) is 14.5. The van der Waals surface area contributed by atoms with Gasteiger partial charge in [-0.3, -0.25) is 0 Å². The van der Waals surface area contributed by atoms with Crippen LogP contribution in [-0.2, 0) is 25.0 Å². The highest BCUT2D eigenvalue weighted by molar-refractivity contribution is 6.32. The minimum atomic E-state index is -1.55. The number of carbonyl (C=O) groups is 2. The molecule has 1 atom stereocenters. The Morgan fingerprint density at radius 1 is 1.22 bits per heavy atom. The van der Waals surface area contributed by atoms with Gasteiger partial charge in [-0.25, -0.2) is 14.9 Å². The van der Waals surface area contributed by atoms with E-state index in [1.54, 1.807) is 0 Å². The highest BCUT2D eigenvalue weighted by Crippen LogP contribution is 2.43. The third kappa shape index (κ3) is 1.73. The molecule has 1 fully saturated rings. The van der Waals surface area contributed by atoms with Crippen molar-refractivity contribution in [3.05, 3.63) is 34.0 Å². The van der Waals surface area contributed by atoms with E-state index in [1.807, 2.05) is 37.5 Å². The number of esters is 2. The molecule has 1 aromatic heterocycles. The van der Waals surface area contributed by atoms with Crippen LogP contribution in [0.15, 0.2) is 12.1 Å². The van der Waals surface area contributed by atoms with Crippen LogP contribution in [0.5, 0.6) is 0 Å². The van der Waals surface area contributed by atoms with Crippen LogP contribution in [-0.4, -0.2) is 23.1 Å². The average molecular weight is 335 g/mol. The van der Waals surface area contributed by atoms with Gasteiger partial charge in [0.25, 0.3) is 0 Å². The molecule has 0 saturated carbocycles. The molecule has 6 nitrogen and oxygen atoms in total. The second-order valence-electron chi connectivity index (χ2n) is 6.04. The number of ether oxygens (including phenoxy) is 2. The van der Waals surface area contributed by atoms with Crippen LogP contribution in [0.2, 0.25) is 5.02 Å². The SMILES string of the molecule is Cc1c2n(c3c(C)c(Cl)ccc13)[C@H](C)CNC21OC(=O)C(=O)O1. The third-order valence-corrected chi connectivity index (χ3v) is 5.04. The Morgan fingerprint density at radius 2 is 1.87 bits per heavy atom. The van der Waals surface area contributed by atoms with E-state index >= 15 is 0 Å². The molecule has 7 heteroatoms. The van der Waals surface area contributed by atoms with E-state index in [2.05, 4.69) is 5.32 Å². The Hall–Kier alpha value is -2.05. The molecule has 1 N–H and O–H groups in total. The van der Waals surface area contributed by atoms with Gasteiger partial charge in [-0.2, -0.15) is 0 Å². The number of rotatable bonds is 0. The second-order valence-corrected chi connectivity index (χ2v) is 6.44. The number of aromatic nitrogens is 1. The minimum absolute atomic E-state index is 0.0852. The van der Waals surface area contributed by atoms with Crippen molar-refractivity contribution in [2.24, 2.45) is 0 Å². The molecule has 4 rings (SSSR count). The van der Waals surface area contributed by atoms with Gasteiger partial charge in [0.2, 0.25) is 0 Å². The maximum absolute atomic E-state index is 11.6. The van der Waals surface area contributed by atoms with Gasteiger partial charge in [0.1, 0.15) is 5.69 Å². The number of carbonyl (C=O) groups excluding carboxylic acids is 2. The lowest BCUT2D eigenvalue weighted by atomic mass is 10.1. The first-order valence-electron chi connectivity index (χ1n) is 7.37. The van der Waals surface area contributed by atoms with Gasteiger partial charge in [-0.05, 0) is 38.0 Å². The minimum Gasteiger partial charge on any atom is -0.394 e. The van der Waals surface area contributed by atoms with E-state index in [0.717, 1.165) is 22.0 Å². The van der Waals surface area contributed by atoms with Crippen molar-refractivity contribution >= 4 is 34.4 Å². The molecular formula is C16H15ClN2O4. The Balaban J connectivity index is 2.10. The van der Waals surface area contributed by atoms with E-state index in [4.69, 9.17) is 21.1 Å². The second kappa shape index (κ2) is 4.49. The van der Waals surface area contributed by atoms with Gasteiger partial charge in [0, 0.05) is 23.0 Å². The van der Waals surface area contributed by atoms with Crippen LogP contribution in [0.4, 0.5) is 0 Å². The van der Waals surface area contributed by atoms with Gasteiger partial charge in [-0.1, -0.05) is 17.7 Å². The zero-order valence-electron chi connectivity index (χ0n) is 12.9. The van der Waals surface area contributed by atoms with E-state index in [9.17, 15) is 9.59 Å². The van der Waals surface area contributed by atoms with Crippen molar-refractivity contribution in [3.8, 4) is 0 Å².